The second kappa shape index (κ2) is 6.55. The molecule has 1 fully saturated rings. The molecule has 1 aliphatic carbocycles. The van der Waals surface area contributed by atoms with Crippen LogP contribution in [0, 0.1) is 0 Å². The van der Waals surface area contributed by atoms with Crippen LogP contribution in [0.4, 0.5) is 0 Å². The minimum absolute atomic E-state index is 0.202. The van der Waals surface area contributed by atoms with E-state index in [1.54, 1.807) is 0 Å². The van der Waals surface area contributed by atoms with E-state index in [0.717, 1.165) is 19.4 Å². The normalized spacial score (nSPS) is 15.8. The fourth-order valence-corrected chi connectivity index (χ4v) is 2.68. The van der Waals surface area contributed by atoms with Crippen LogP contribution in [0.2, 0.25) is 0 Å². The number of carbonyl (C=O) groups excluding carboxylic acids is 1. The van der Waals surface area contributed by atoms with Gasteiger partial charge in [-0.15, -0.1) is 0 Å². The van der Waals surface area contributed by atoms with Crippen LogP contribution in [0.1, 0.15) is 37.7 Å². The number of carbonyl (C=O) groups is 1. The number of nitrogens with zero attached hydrogens (tertiary/aromatic N) is 1. The average Bonchev–Trinajstić information content (AvgIpc) is 2.91. The van der Waals surface area contributed by atoms with Gasteiger partial charge in [0.25, 0.3) is 0 Å². The van der Waals surface area contributed by atoms with Crippen LogP contribution < -0.4 is 5.73 Å². The monoisotopic (exact) mass is 246 g/mol. The molecule has 3 heteroatoms. The predicted molar refractivity (Wildman–Crippen MR) is 72.9 cm³/mol. The van der Waals surface area contributed by atoms with E-state index >= 15 is 0 Å². The first-order valence-electron chi connectivity index (χ1n) is 6.84. The number of nitrogens with two attached hydrogens (primary N) is 1. The third kappa shape index (κ3) is 3.33. The van der Waals surface area contributed by atoms with Crippen molar-refractivity contribution in [1.29, 1.82) is 0 Å². The highest BCUT2D eigenvalue weighted by molar-refractivity contribution is 5.76. The maximum atomic E-state index is 12.2. The topological polar surface area (TPSA) is 46.3 Å². The SMILES string of the molecule is NCCC(=O)N(Cc1ccccc1)C1CCCC1. The van der Waals surface area contributed by atoms with Crippen LogP contribution in [0.3, 0.4) is 0 Å². The highest BCUT2D eigenvalue weighted by Crippen LogP contribution is 2.25. The van der Waals surface area contributed by atoms with Gasteiger partial charge in [-0.25, -0.2) is 0 Å². The smallest absolute Gasteiger partial charge is 0.224 e. The second-order valence-corrected chi connectivity index (χ2v) is 4.98. The van der Waals surface area contributed by atoms with Crippen molar-refractivity contribution in [2.45, 2.75) is 44.7 Å². The Morgan fingerprint density at radius 2 is 1.89 bits per heavy atom. The highest BCUT2D eigenvalue weighted by Gasteiger charge is 2.25. The Balaban J connectivity index is 2.06. The summed E-state index contributed by atoms with van der Waals surface area (Å²) >= 11 is 0. The summed E-state index contributed by atoms with van der Waals surface area (Å²) in [6.45, 7) is 1.17. The predicted octanol–water partition coefficient (Wildman–Crippen LogP) is 2.31. The van der Waals surface area contributed by atoms with Gasteiger partial charge in [-0.1, -0.05) is 43.2 Å². The molecule has 0 bridgehead atoms. The molecule has 0 atom stereocenters. The van der Waals surface area contributed by atoms with Gasteiger partial charge in [0.1, 0.15) is 0 Å². The molecule has 0 spiro atoms. The molecule has 3 nitrogen and oxygen atoms in total. The van der Waals surface area contributed by atoms with Gasteiger partial charge in [0.15, 0.2) is 0 Å². The standard InChI is InChI=1S/C15H22N2O/c16-11-10-15(18)17(14-8-4-5-9-14)12-13-6-2-1-3-7-13/h1-3,6-7,14H,4-5,8-12,16H2. The van der Waals surface area contributed by atoms with E-state index in [1.165, 1.54) is 18.4 Å². The van der Waals surface area contributed by atoms with Gasteiger partial charge in [-0.05, 0) is 18.4 Å². The lowest BCUT2D eigenvalue weighted by Crippen LogP contribution is -2.39. The molecule has 98 valence electrons. The lowest BCUT2D eigenvalue weighted by molar-refractivity contribution is -0.133. The first-order valence-corrected chi connectivity index (χ1v) is 6.84. The first kappa shape index (κ1) is 13.1. The van der Waals surface area contributed by atoms with Crippen molar-refractivity contribution in [3.8, 4) is 0 Å². The molecule has 0 unspecified atom stereocenters. The summed E-state index contributed by atoms with van der Waals surface area (Å²) in [7, 11) is 0. The maximum Gasteiger partial charge on any atom is 0.224 e. The van der Waals surface area contributed by atoms with E-state index in [-0.39, 0.29) is 5.91 Å². The van der Waals surface area contributed by atoms with Gasteiger partial charge in [0.2, 0.25) is 5.91 Å². The van der Waals surface area contributed by atoms with Crippen molar-refractivity contribution < 1.29 is 4.79 Å². The zero-order chi connectivity index (χ0) is 12.8. The minimum Gasteiger partial charge on any atom is -0.335 e. The number of benzene rings is 1. The van der Waals surface area contributed by atoms with E-state index in [4.69, 9.17) is 5.73 Å². The number of rotatable bonds is 5. The average molecular weight is 246 g/mol. The molecule has 0 heterocycles. The number of hydrogen-bond donors (Lipinski definition) is 1. The molecular formula is C15H22N2O. The summed E-state index contributed by atoms with van der Waals surface area (Å²) in [4.78, 5) is 14.2. The molecular weight excluding hydrogens is 224 g/mol. The van der Waals surface area contributed by atoms with Crippen molar-refractivity contribution >= 4 is 5.91 Å². The van der Waals surface area contributed by atoms with Crippen LogP contribution in [0.25, 0.3) is 0 Å². The zero-order valence-electron chi connectivity index (χ0n) is 10.8. The van der Waals surface area contributed by atoms with E-state index in [0.29, 0.717) is 19.0 Å². The summed E-state index contributed by atoms with van der Waals surface area (Å²) in [6.07, 6.45) is 5.23. The number of amides is 1. The fraction of sp³-hybridized carbons (Fsp3) is 0.533. The van der Waals surface area contributed by atoms with Gasteiger partial charge in [-0.2, -0.15) is 0 Å². The van der Waals surface area contributed by atoms with Crippen LogP contribution in [0.5, 0.6) is 0 Å². The molecule has 18 heavy (non-hydrogen) atoms. The van der Waals surface area contributed by atoms with Crippen LogP contribution in [0.15, 0.2) is 30.3 Å². The first-order chi connectivity index (χ1) is 8.81. The van der Waals surface area contributed by atoms with Crippen molar-refractivity contribution in [3.05, 3.63) is 35.9 Å². The molecule has 1 aliphatic rings. The van der Waals surface area contributed by atoms with Gasteiger partial charge in [0, 0.05) is 25.6 Å². The van der Waals surface area contributed by atoms with Crippen LogP contribution in [-0.4, -0.2) is 23.4 Å². The largest absolute Gasteiger partial charge is 0.335 e. The Bertz CT molecular complexity index is 371. The molecule has 1 aromatic rings. The summed E-state index contributed by atoms with van der Waals surface area (Å²) in [5.41, 5.74) is 6.72. The Labute approximate surface area is 109 Å². The van der Waals surface area contributed by atoms with Gasteiger partial charge in [-0.3, -0.25) is 4.79 Å². The summed E-state index contributed by atoms with van der Waals surface area (Å²) in [6, 6.07) is 10.6. The number of hydrogen-bond acceptors (Lipinski definition) is 2. The van der Waals surface area contributed by atoms with E-state index in [9.17, 15) is 4.79 Å². The van der Waals surface area contributed by atoms with Crippen molar-refractivity contribution in [2.75, 3.05) is 6.54 Å². The molecule has 0 aromatic heterocycles. The lowest BCUT2D eigenvalue weighted by atomic mass is 10.1. The third-order valence-corrected chi connectivity index (χ3v) is 3.64. The van der Waals surface area contributed by atoms with Crippen molar-refractivity contribution in [3.63, 3.8) is 0 Å². The van der Waals surface area contributed by atoms with E-state index in [2.05, 4.69) is 12.1 Å². The molecule has 1 amide bonds. The van der Waals surface area contributed by atoms with E-state index in [1.807, 2.05) is 23.1 Å². The van der Waals surface area contributed by atoms with E-state index < -0.39 is 0 Å². The van der Waals surface area contributed by atoms with Crippen molar-refractivity contribution in [1.82, 2.24) is 4.90 Å². The fourth-order valence-electron chi connectivity index (χ4n) is 2.68. The Hall–Kier alpha value is -1.35. The quantitative estimate of drug-likeness (QED) is 0.866. The van der Waals surface area contributed by atoms with Crippen molar-refractivity contribution in [2.24, 2.45) is 5.73 Å². The molecule has 1 saturated carbocycles. The Morgan fingerprint density at radius 1 is 1.22 bits per heavy atom. The third-order valence-electron chi connectivity index (χ3n) is 3.64. The maximum absolute atomic E-state index is 12.2. The molecule has 2 N–H and O–H groups in total. The lowest BCUT2D eigenvalue weighted by Gasteiger charge is -2.29. The molecule has 0 radical (unpaired) electrons. The van der Waals surface area contributed by atoms with Gasteiger partial charge < -0.3 is 10.6 Å². The summed E-state index contributed by atoms with van der Waals surface area (Å²) in [5, 5.41) is 0. The zero-order valence-corrected chi connectivity index (χ0v) is 10.8. The Morgan fingerprint density at radius 3 is 2.50 bits per heavy atom. The molecule has 1 aromatic carbocycles. The van der Waals surface area contributed by atoms with Crippen LogP contribution in [-0.2, 0) is 11.3 Å². The minimum atomic E-state index is 0.202. The summed E-state index contributed by atoms with van der Waals surface area (Å²) in [5.74, 6) is 0.202. The van der Waals surface area contributed by atoms with Gasteiger partial charge in [0.05, 0.1) is 0 Å². The second-order valence-electron chi connectivity index (χ2n) is 4.98. The van der Waals surface area contributed by atoms with Crippen LogP contribution >= 0.6 is 0 Å². The Kier molecular flexibility index (Phi) is 4.76. The molecule has 2 rings (SSSR count). The molecule has 0 saturated heterocycles. The van der Waals surface area contributed by atoms with Gasteiger partial charge >= 0.3 is 0 Å². The molecule has 0 aliphatic heterocycles. The highest BCUT2D eigenvalue weighted by atomic mass is 16.2. The summed E-state index contributed by atoms with van der Waals surface area (Å²) < 4.78 is 0.